The lowest BCUT2D eigenvalue weighted by atomic mass is 10.1. The van der Waals surface area contributed by atoms with E-state index in [1.807, 2.05) is 20.8 Å². The van der Waals surface area contributed by atoms with Gasteiger partial charge in [-0.3, -0.25) is 4.79 Å². The van der Waals surface area contributed by atoms with Crippen molar-refractivity contribution in [1.29, 1.82) is 0 Å². The maximum Gasteiger partial charge on any atom is 0.404 e. The van der Waals surface area contributed by atoms with E-state index in [0.29, 0.717) is 0 Å². The molecule has 0 bridgehead atoms. The van der Waals surface area contributed by atoms with E-state index in [4.69, 9.17) is 5.73 Å². The number of aromatic nitrogens is 2. The Morgan fingerprint density at radius 3 is 2.78 bits per heavy atom. The molecule has 1 aromatic heterocycles. The van der Waals surface area contributed by atoms with Gasteiger partial charge in [-0.1, -0.05) is 0 Å². The third kappa shape index (κ3) is 3.76. The summed E-state index contributed by atoms with van der Waals surface area (Å²) in [6.07, 6.45) is 2.34. The molecule has 1 amide bonds. The molecule has 3 N–H and O–H groups in total. The highest BCUT2D eigenvalue weighted by Gasteiger charge is 2.16. The van der Waals surface area contributed by atoms with E-state index in [2.05, 4.69) is 15.0 Å². The minimum Gasteiger partial charge on any atom is -0.448 e. The zero-order valence-corrected chi connectivity index (χ0v) is 10.8. The van der Waals surface area contributed by atoms with E-state index >= 15 is 0 Å². The van der Waals surface area contributed by atoms with Crippen molar-refractivity contribution < 1.29 is 9.53 Å². The van der Waals surface area contributed by atoms with Crippen LogP contribution in [-0.2, 0) is 10.3 Å². The lowest BCUT2D eigenvalue weighted by Gasteiger charge is -2.22. The Labute approximate surface area is 105 Å². The van der Waals surface area contributed by atoms with Gasteiger partial charge in [0, 0.05) is 17.9 Å². The summed E-state index contributed by atoms with van der Waals surface area (Å²) >= 11 is 0. The molecule has 7 nitrogen and oxygen atoms in total. The molecule has 1 heterocycles. The van der Waals surface area contributed by atoms with Crippen LogP contribution in [0.2, 0.25) is 0 Å². The van der Waals surface area contributed by atoms with Gasteiger partial charge in [0.1, 0.15) is 6.61 Å². The molecule has 100 valence electrons. The number of primary amides is 1. The molecule has 0 saturated heterocycles. The first kappa shape index (κ1) is 14.0. The summed E-state index contributed by atoms with van der Waals surface area (Å²) in [6, 6.07) is 0. The molecule has 0 fully saturated rings. The van der Waals surface area contributed by atoms with Gasteiger partial charge in [0.15, 0.2) is 5.82 Å². The van der Waals surface area contributed by atoms with Gasteiger partial charge in [-0.05, 0) is 20.8 Å². The topological polar surface area (TPSA) is 99.2 Å². The lowest BCUT2D eigenvalue weighted by Crippen LogP contribution is -2.35. The Hall–Kier alpha value is -2.05. The standard InChI is InChI=1S/C11H18N4O3/c1-11(2,3)15-6-4-13-8(9(15)16)14-5-7-18-10(12)17/h4,6H,5,7H2,1-3H3,(H2,12,17)(H,13,14). The van der Waals surface area contributed by atoms with Crippen LogP contribution in [0.1, 0.15) is 20.8 Å². The van der Waals surface area contributed by atoms with Crippen LogP contribution in [0.4, 0.5) is 10.6 Å². The van der Waals surface area contributed by atoms with Crippen molar-refractivity contribution in [3.05, 3.63) is 22.7 Å². The van der Waals surface area contributed by atoms with Crippen LogP contribution in [0, 0.1) is 0 Å². The Balaban J connectivity index is 2.73. The lowest BCUT2D eigenvalue weighted by molar-refractivity contribution is 0.161. The zero-order valence-electron chi connectivity index (χ0n) is 10.8. The number of nitrogens with zero attached hydrogens (tertiary/aromatic N) is 2. The highest BCUT2D eigenvalue weighted by Crippen LogP contribution is 2.10. The van der Waals surface area contributed by atoms with Crippen molar-refractivity contribution in [2.24, 2.45) is 5.73 Å². The van der Waals surface area contributed by atoms with Crippen LogP contribution in [0.25, 0.3) is 0 Å². The number of anilines is 1. The van der Waals surface area contributed by atoms with Crippen LogP contribution in [0.15, 0.2) is 17.2 Å². The van der Waals surface area contributed by atoms with Gasteiger partial charge in [0.25, 0.3) is 5.56 Å². The SMILES string of the molecule is CC(C)(C)n1ccnc(NCCOC(N)=O)c1=O. The molecule has 18 heavy (non-hydrogen) atoms. The number of amides is 1. The Morgan fingerprint density at radius 1 is 1.56 bits per heavy atom. The number of carbonyl (C=O) groups is 1. The maximum atomic E-state index is 12.0. The van der Waals surface area contributed by atoms with Crippen LogP contribution in [0.3, 0.4) is 0 Å². The molecule has 0 aliphatic rings. The van der Waals surface area contributed by atoms with Gasteiger partial charge >= 0.3 is 6.09 Å². The molecule has 0 saturated carbocycles. The van der Waals surface area contributed by atoms with E-state index in [0.717, 1.165) is 0 Å². The predicted octanol–water partition coefficient (Wildman–Crippen LogP) is 0.506. The Kier molecular flexibility index (Phi) is 4.30. The molecule has 0 unspecified atom stereocenters. The number of ether oxygens (including phenoxy) is 1. The van der Waals surface area contributed by atoms with Gasteiger partial charge in [-0.15, -0.1) is 0 Å². The number of carbonyl (C=O) groups excluding carboxylic acids is 1. The Morgan fingerprint density at radius 2 is 2.22 bits per heavy atom. The molecule has 0 aliphatic heterocycles. The van der Waals surface area contributed by atoms with Crippen LogP contribution < -0.4 is 16.6 Å². The zero-order chi connectivity index (χ0) is 13.8. The molecule has 7 heteroatoms. The molecular weight excluding hydrogens is 236 g/mol. The van der Waals surface area contributed by atoms with Crippen molar-refractivity contribution in [3.63, 3.8) is 0 Å². The van der Waals surface area contributed by atoms with E-state index in [-0.39, 0.29) is 30.1 Å². The summed E-state index contributed by atoms with van der Waals surface area (Å²) in [6.45, 7) is 6.14. The molecule has 0 spiro atoms. The average molecular weight is 254 g/mol. The first-order valence-corrected chi connectivity index (χ1v) is 5.56. The number of nitrogens with one attached hydrogen (secondary N) is 1. The van der Waals surface area contributed by atoms with Gasteiger partial charge in [-0.2, -0.15) is 0 Å². The first-order chi connectivity index (χ1) is 8.32. The van der Waals surface area contributed by atoms with Crippen molar-refractivity contribution in [1.82, 2.24) is 9.55 Å². The third-order valence-corrected chi connectivity index (χ3v) is 2.20. The second-order valence-corrected chi connectivity index (χ2v) is 4.72. The van der Waals surface area contributed by atoms with Gasteiger partial charge in [0.2, 0.25) is 0 Å². The smallest absolute Gasteiger partial charge is 0.404 e. The fraction of sp³-hybridized carbons (Fsp3) is 0.545. The minimum absolute atomic E-state index is 0.0842. The summed E-state index contributed by atoms with van der Waals surface area (Å²) in [5, 5.41) is 2.80. The van der Waals surface area contributed by atoms with Crippen molar-refractivity contribution >= 4 is 11.9 Å². The number of hydrogen-bond donors (Lipinski definition) is 2. The van der Waals surface area contributed by atoms with Gasteiger partial charge in [0.05, 0.1) is 6.54 Å². The number of rotatable bonds is 4. The summed E-state index contributed by atoms with van der Waals surface area (Å²) in [5.74, 6) is 0.223. The highest BCUT2D eigenvalue weighted by atomic mass is 16.5. The van der Waals surface area contributed by atoms with E-state index in [1.54, 1.807) is 17.0 Å². The Bertz CT molecular complexity index is 476. The maximum absolute atomic E-state index is 12.0. The third-order valence-electron chi connectivity index (χ3n) is 2.20. The van der Waals surface area contributed by atoms with Crippen LogP contribution >= 0.6 is 0 Å². The fourth-order valence-electron chi connectivity index (χ4n) is 1.38. The molecule has 0 aromatic carbocycles. The summed E-state index contributed by atoms with van der Waals surface area (Å²) in [4.78, 5) is 26.4. The minimum atomic E-state index is -0.843. The van der Waals surface area contributed by atoms with Crippen molar-refractivity contribution in [3.8, 4) is 0 Å². The molecule has 0 radical (unpaired) electrons. The highest BCUT2D eigenvalue weighted by molar-refractivity contribution is 5.64. The van der Waals surface area contributed by atoms with Crippen LogP contribution in [-0.4, -0.2) is 28.8 Å². The fourth-order valence-corrected chi connectivity index (χ4v) is 1.38. The van der Waals surface area contributed by atoms with Crippen LogP contribution in [0.5, 0.6) is 0 Å². The number of hydrogen-bond acceptors (Lipinski definition) is 5. The van der Waals surface area contributed by atoms with Crippen molar-refractivity contribution in [2.45, 2.75) is 26.3 Å². The molecule has 1 rings (SSSR count). The van der Waals surface area contributed by atoms with E-state index in [9.17, 15) is 9.59 Å². The molecule has 0 aliphatic carbocycles. The summed E-state index contributed by atoms with van der Waals surface area (Å²) in [7, 11) is 0. The molecule has 0 atom stereocenters. The first-order valence-electron chi connectivity index (χ1n) is 5.56. The largest absolute Gasteiger partial charge is 0.448 e. The average Bonchev–Trinajstić information content (AvgIpc) is 2.24. The van der Waals surface area contributed by atoms with Gasteiger partial charge < -0.3 is 20.4 Å². The van der Waals surface area contributed by atoms with Crippen molar-refractivity contribution in [2.75, 3.05) is 18.5 Å². The monoisotopic (exact) mass is 254 g/mol. The normalized spacial score (nSPS) is 11.1. The van der Waals surface area contributed by atoms with E-state index in [1.165, 1.54) is 0 Å². The quantitative estimate of drug-likeness (QED) is 0.762. The summed E-state index contributed by atoms with van der Waals surface area (Å²) in [5.41, 5.74) is 4.27. The van der Waals surface area contributed by atoms with E-state index < -0.39 is 6.09 Å². The molecule has 1 aromatic rings. The van der Waals surface area contributed by atoms with Gasteiger partial charge in [-0.25, -0.2) is 9.78 Å². The second kappa shape index (κ2) is 5.52. The molecular formula is C11H18N4O3. The predicted molar refractivity (Wildman–Crippen MR) is 67.5 cm³/mol. The number of nitrogens with two attached hydrogens (primary N) is 1. The summed E-state index contributed by atoms with van der Waals surface area (Å²) < 4.78 is 6.12. The second-order valence-electron chi connectivity index (χ2n) is 4.72.